The highest BCUT2D eigenvalue weighted by atomic mass is 15.0. The molecule has 88 valence electrons. The van der Waals surface area contributed by atoms with Gasteiger partial charge in [0.1, 0.15) is 0 Å². The Morgan fingerprint density at radius 2 is 2.00 bits per heavy atom. The molecule has 1 heterocycles. The van der Waals surface area contributed by atoms with Crippen molar-refractivity contribution in [1.82, 2.24) is 10.3 Å². The fraction of sp³-hybridized carbons (Fsp3) is 0.643. The van der Waals surface area contributed by atoms with E-state index in [-0.39, 0.29) is 0 Å². The molecule has 1 N–H and O–H groups in total. The first-order valence-corrected chi connectivity index (χ1v) is 6.36. The second-order valence-corrected chi connectivity index (χ2v) is 5.25. The molecule has 1 aliphatic carbocycles. The summed E-state index contributed by atoms with van der Waals surface area (Å²) < 4.78 is 0. The summed E-state index contributed by atoms with van der Waals surface area (Å²) in [5.41, 5.74) is 2.60. The highest BCUT2D eigenvalue weighted by molar-refractivity contribution is 5.10. The summed E-state index contributed by atoms with van der Waals surface area (Å²) in [6.07, 6.45) is 6.74. The second kappa shape index (κ2) is 4.96. The van der Waals surface area contributed by atoms with E-state index in [2.05, 4.69) is 29.4 Å². The third kappa shape index (κ3) is 3.05. The van der Waals surface area contributed by atoms with Gasteiger partial charge in [0.25, 0.3) is 0 Å². The van der Waals surface area contributed by atoms with E-state index in [1.54, 1.807) is 0 Å². The first-order chi connectivity index (χ1) is 7.68. The summed E-state index contributed by atoms with van der Waals surface area (Å²) in [6, 6.07) is 6.24. The van der Waals surface area contributed by atoms with Gasteiger partial charge in [-0.15, -0.1) is 0 Å². The van der Waals surface area contributed by atoms with Crippen LogP contribution in [0, 0.1) is 6.92 Å². The summed E-state index contributed by atoms with van der Waals surface area (Å²) in [4.78, 5) is 4.53. The van der Waals surface area contributed by atoms with Crippen molar-refractivity contribution in [2.24, 2.45) is 0 Å². The number of hydrogen-bond acceptors (Lipinski definition) is 2. The molecule has 2 rings (SSSR count). The number of rotatable bonds is 3. The molecule has 1 saturated carbocycles. The Morgan fingerprint density at radius 3 is 2.69 bits per heavy atom. The maximum Gasteiger partial charge on any atom is 0.0545 e. The maximum atomic E-state index is 4.53. The first-order valence-electron chi connectivity index (χ1n) is 6.36. The molecule has 0 aliphatic heterocycles. The first kappa shape index (κ1) is 11.6. The Balaban J connectivity index is 1.91. The molecule has 16 heavy (non-hydrogen) atoms. The lowest BCUT2D eigenvalue weighted by Crippen LogP contribution is -2.43. The van der Waals surface area contributed by atoms with Crippen LogP contribution >= 0.6 is 0 Å². The molecule has 0 saturated heterocycles. The van der Waals surface area contributed by atoms with E-state index >= 15 is 0 Å². The molecule has 2 heteroatoms. The zero-order chi connectivity index (χ0) is 11.4. The van der Waals surface area contributed by atoms with Gasteiger partial charge in [-0.2, -0.15) is 0 Å². The molecule has 2 nitrogen and oxygen atoms in total. The normalized spacial score (nSPS) is 19.6. The van der Waals surface area contributed by atoms with Crippen molar-refractivity contribution in [2.45, 2.75) is 58.0 Å². The summed E-state index contributed by atoms with van der Waals surface area (Å²) in [6.45, 7) is 5.30. The Hall–Kier alpha value is -0.890. The van der Waals surface area contributed by atoms with Gasteiger partial charge in [0, 0.05) is 17.8 Å². The van der Waals surface area contributed by atoms with Crippen LogP contribution in [0.4, 0.5) is 0 Å². The minimum Gasteiger partial charge on any atom is -0.306 e. The van der Waals surface area contributed by atoms with Gasteiger partial charge in [-0.05, 0) is 38.8 Å². The van der Waals surface area contributed by atoms with Crippen LogP contribution in [-0.4, -0.2) is 10.5 Å². The molecule has 0 radical (unpaired) electrons. The van der Waals surface area contributed by atoms with E-state index in [0.29, 0.717) is 5.54 Å². The van der Waals surface area contributed by atoms with Crippen LogP contribution in [0.25, 0.3) is 0 Å². The maximum absolute atomic E-state index is 4.53. The molecule has 0 amide bonds. The van der Waals surface area contributed by atoms with Gasteiger partial charge in [-0.25, -0.2) is 0 Å². The molecule has 1 aromatic heterocycles. The highest BCUT2D eigenvalue weighted by Gasteiger charge is 2.25. The van der Waals surface area contributed by atoms with Crippen LogP contribution in [-0.2, 0) is 6.54 Å². The third-order valence-corrected chi connectivity index (χ3v) is 3.60. The summed E-state index contributed by atoms with van der Waals surface area (Å²) in [5, 5.41) is 3.68. The number of pyridine rings is 1. The lowest BCUT2D eigenvalue weighted by atomic mass is 9.83. The predicted octanol–water partition coefficient (Wildman–Crippen LogP) is 3.20. The predicted molar refractivity (Wildman–Crippen MR) is 67.3 cm³/mol. The van der Waals surface area contributed by atoms with E-state index in [1.807, 2.05) is 13.0 Å². The van der Waals surface area contributed by atoms with Crippen LogP contribution in [0.3, 0.4) is 0 Å². The molecule has 0 bridgehead atoms. The molecule has 0 unspecified atom stereocenters. The molecule has 0 aromatic carbocycles. The van der Waals surface area contributed by atoms with E-state index in [1.165, 1.54) is 32.1 Å². The van der Waals surface area contributed by atoms with Crippen molar-refractivity contribution in [3.63, 3.8) is 0 Å². The van der Waals surface area contributed by atoms with Crippen molar-refractivity contribution >= 4 is 0 Å². The molecule has 1 aliphatic rings. The Morgan fingerprint density at radius 1 is 1.25 bits per heavy atom. The van der Waals surface area contributed by atoms with Crippen molar-refractivity contribution < 1.29 is 0 Å². The third-order valence-electron chi connectivity index (χ3n) is 3.60. The van der Waals surface area contributed by atoms with Crippen molar-refractivity contribution in [3.05, 3.63) is 29.6 Å². The fourth-order valence-electron chi connectivity index (χ4n) is 2.51. The summed E-state index contributed by atoms with van der Waals surface area (Å²) in [7, 11) is 0. The Bertz CT molecular complexity index is 340. The van der Waals surface area contributed by atoms with E-state index < -0.39 is 0 Å². The molecule has 1 fully saturated rings. The smallest absolute Gasteiger partial charge is 0.0545 e. The SMILES string of the molecule is Cc1cccc(CNC2(C)CCCCC2)n1. The molecule has 0 spiro atoms. The average molecular weight is 218 g/mol. The average Bonchev–Trinajstić information content (AvgIpc) is 2.28. The monoisotopic (exact) mass is 218 g/mol. The van der Waals surface area contributed by atoms with Crippen molar-refractivity contribution in [3.8, 4) is 0 Å². The van der Waals surface area contributed by atoms with Gasteiger partial charge in [0.05, 0.1) is 5.69 Å². The van der Waals surface area contributed by atoms with Gasteiger partial charge in [0.2, 0.25) is 0 Å². The van der Waals surface area contributed by atoms with Gasteiger partial charge in [0.15, 0.2) is 0 Å². The van der Waals surface area contributed by atoms with Gasteiger partial charge < -0.3 is 5.32 Å². The number of hydrogen-bond donors (Lipinski definition) is 1. The standard InChI is InChI=1S/C14H22N2/c1-12-7-6-8-13(16-12)11-15-14(2)9-4-3-5-10-14/h6-8,15H,3-5,9-11H2,1-2H3. The largest absolute Gasteiger partial charge is 0.306 e. The molecular weight excluding hydrogens is 196 g/mol. The number of nitrogens with one attached hydrogen (secondary N) is 1. The Kier molecular flexibility index (Phi) is 3.59. The minimum absolute atomic E-state index is 0.337. The van der Waals surface area contributed by atoms with Gasteiger partial charge >= 0.3 is 0 Å². The Labute approximate surface area is 98.5 Å². The topological polar surface area (TPSA) is 24.9 Å². The van der Waals surface area contributed by atoms with Gasteiger partial charge in [-0.1, -0.05) is 25.3 Å². The number of aryl methyl sites for hydroxylation is 1. The van der Waals surface area contributed by atoms with E-state index in [0.717, 1.165) is 17.9 Å². The quantitative estimate of drug-likeness (QED) is 0.842. The van der Waals surface area contributed by atoms with Crippen LogP contribution in [0.5, 0.6) is 0 Å². The molecule has 1 aromatic rings. The van der Waals surface area contributed by atoms with Crippen LogP contribution in [0.15, 0.2) is 18.2 Å². The van der Waals surface area contributed by atoms with E-state index in [9.17, 15) is 0 Å². The zero-order valence-electron chi connectivity index (χ0n) is 10.4. The lowest BCUT2D eigenvalue weighted by Gasteiger charge is -2.34. The van der Waals surface area contributed by atoms with Crippen molar-refractivity contribution in [1.29, 1.82) is 0 Å². The highest BCUT2D eigenvalue weighted by Crippen LogP contribution is 2.27. The lowest BCUT2D eigenvalue weighted by molar-refractivity contribution is 0.251. The molecular formula is C14H22N2. The minimum atomic E-state index is 0.337. The van der Waals surface area contributed by atoms with Gasteiger partial charge in [-0.3, -0.25) is 4.98 Å². The summed E-state index contributed by atoms with van der Waals surface area (Å²) >= 11 is 0. The van der Waals surface area contributed by atoms with Crippen LogP contribution in [0.1, 0.15) is 50.4 Å². The van der Waals surface area contributed by atoms with E-state index in [4.69, 9.17) is 0 Å². The number of nitrogens with zero attached hydrogens (tertiary/aromatic N) is 1. The van der Waals surface area contributed by atoms with Crippen molar-refractivity contribution in [2.75, 3.05) is 0 Å². The fourth-order valence-corrected chi connectivity index (χ4v) is 2.51. The second-order valence-electron chi connectivity index (χ2n) is 5.25. The number of aromatic nitrogens is 1. The van der Waals surface area contributed by atoms with Crippen LogP contribution < -0.4 is 5.32 Å². The molecule has 0 atom stereocenters. The summed E-state index contributed by atoms with van der Waals surface area (Å²) in [5.74, 6) is 0. The van der Waals surface area contributed by atoms with Crippen LogP contribution in [0.2, 0.25) is 0 Å². The zero-order valence-corrected chi connectivity index (χ0v) is 10.4.